The molecule has 1 aliphatic rings. The van der Waals surface area contributed by atoms with Crippen molar-refractivity contribution < 1.29 is 19.1 Å². The highest BCUT2D eigenvalue weighted by Gasteiger charge is 2.25. The van der Waals surface area contributed by atoms with Crippen LogP contribution in [-0.2, 0) is 20.7 Å². The lowest BCUT2D eigenvalue weighted by Gasteiger charge is -2.33. The number of benzene rings is 1. The Bertz CT molecular complexity index is 585. The summed E-state index contributed by atoms with van der Waals surface area (Å²) in [6.07, 6.45) is 1.77. The highest BCUT2D eigenvalue weighted by molar-refractivity contribution is 5.82. The summed E-state index contributed by atoms with van der Waals surface area (Å²) in [6.45, 7) is 1.44. The fourth-order valence-electron chi connectivity index (χ4n) is 2.96. The number of piperidine rings is 1. The molecule has 1 aliphatic heterocycles. The van der Waals surface area contributed by atoms with Gasteiger partial charge in [0.2, 0.25) is 11.8 Å². The molecule has 0 aliphatic carbocycles. The quantitative estimate of drug-likeness (QED) is 0.739. The summed E-state index contributed by atoms with van der Waals surface area (Å²) in [5.74, 6) is 0.594. The van der Waals surface area contributed by atoms with Crippen molar-refractivity contribution in [2.24, 2.45) is 5.73 Å². The smallest absolute Gasteiger partial charge is 0.239 e. The molecule has 0 bridgehead atoms. The van der Waals surface area contributed by atoms with Crippen LogP contribution in [0.4, 0.5) is 0 Å². The van der Waals surface area contributed by atoms with E-state index in [2.05, 4.69) is 5.32 Å². The Morgan fingerprint density at radius 2 is 1.96 bits per heavy atom. The maximum atomic E-state index is 12.5. The van der Waals surface area contributed by atoms with E-state index in [4.69, 9.17) is 15.2 Å². The van der Waals surface area contributed by atoms with Gasteiger partial charge in [0.25, 0.3) is 0 Å². The van der Waals surface area contributed by atoms with Gasteiger partial charge in [-0.3, -0.25) is 9.59 Å². The standard InChI is InChI=1S/C18H27N3O4/c1-24-12-15(19)18(23)20-14-7-9-21(10-8-14)17(22)11-13-5-3-4-6-16(13)25-2/h3-6,14-15H,7-12,19H2,1-2H3,(H,20,23). The molecule has 7 heteroatoms. The first kappa shape index (κ1) is 19.2. The molecule has 1 saturated heterocycles. The van der Waals surface area contributed by atoms with Crippen molar-refractivity contribution in [2.75, 3.05) is 33.9 Å². The summed E-state index contributed by atoms with van der Waals surface area (Å²) in [5, 5.41) is 2.93. The largest absolute Gasteiger partial charge is 0.496 e. The summed E-state index contributed by atoms with van der Waals surface area (Å²) in [7, 11) is 3.12. The third-order valence-corrected chi connectivity index (χ3v) is 4.41. The van der Waals surface area contributed by atoms with Crippen molar-refractivity contribution in [1.29, 1.82) is 0 Å². The molecule has 1 unspecified atom stereocenters. The number of nitrogens with two attached hydrogens (primary N) is 1. The van der Waals surface area contributed by atoms with Crippen molar-refractivity contribution in [3.05, 3.63) is 29.8 Å². The van der Waals surface area contributed by atoms with E-state index < -0.39 is 6.04 Å². The second kappa shape index (κ2) is 9.39. The van der Waals surface area contributed by atoms with Crippen molar-refractivity contribution in [2.45, 2.75) is 31.3 Å². The van der Waals surface area contributed by atoms with Gasteiger partial charge in [-0.1, -0.05) is 18.2 Å². The Labute approximate surface area is 148 Å². The third kappa shape index (κ3) is 5.44. The van der Waals surface area contributed by atoms with E-state index in [0.717, 1.165) is 24.2 Å². The number of hydrogen-bond acceptors (Lipinski definition) is 5. The minimum Gasteiger partial charge on any atom is -0.496 e. The molecule has 1 fully saturated rings. The number of hydrogen-bond donors (Lipinski definition) is 2. The van der Waals surface area contributed by atoms with Gasteiger partial charge in [0, 0.05) is 31.8 Å². The highest BCUT2D eigenvalue weighted by Crippen LogP contribution is 2.19. The highest BCUT2D eigenvalue weighted by atomic mass is 16.5. The summed E-state index contributed by atoms with van der Waals surface area (Å²) in [4.78, 5) is 26.3. The van der Waals surface area contributed by atoms with Crippen molar-refractivity contribution >= 4 is 11.8 Å². The lowest BCUT2D eigenvalue weighted by molar-refractivity contribution is -0.131. The fraction of sp³-hybridized carbons (Fsp3) is 0.556. The molecule has 1 aromatic carbocycles. The van der Waals surface area contributed by atoms with E-state index in [-0.39, 0.29) is 24.5 Å². The molecular weight excluding hydrogens is 322 g/mol. The topological polar surface area (TPSA) is 93.9 Å². The molecule has 25 heavy (non-hydrogen) atoms. The Morgan fingerprint density at radius 1 is 1.28 bits per heavy atom. The molecule has 2 amide bonds. The van der Waals surface area contributed by atoms with Crippen LogP contribution in [0.3, 0.4) is 0 Å². The molecule has 3 N–H and O–H groups in total. The van der Waals surface area contributed by atoms with Gasteiger partial charge < -0.3 is 25.4 Å². The van der Waals surface area contributed by atoms with Gasteiger partial charge in [-0.05, 0) is 18.9 Å². The summed E-state index contributed by atoms with van der Waals surface area (Å²) >= 11 is 0. The number of likely N-dealkylation sites (tertiary alicyclic amines) is 1. The number of carbonyl (C=O) groups excluding carboxylic acids is 2. The summed E-state index contributed by atoms with van der Waals surface area (Å²) < 4.78 is 10.2. The van der Waals surface area contributed by atoms with Gasteiger partial charge in [0.1, 0.15) is 11.8 Å². The molecule has 7 nitrogen and oxygen atoms in total. The number of carbonyl (C=O) groups is 2. The second-order valence-corrected chi connectivity index (χ2v) is 6.21. The molecule has 0 saturated carbocycles. The van der Waals surface area contributed by atoms with Crippen LogP contribution in [-0.4, -0.2) is 62.7 Å². The predicted molar refractivity (Wildman–Crippen MR) is 94.3 cm³/mol. The molecule has 1 heterocycles. The van der Waals surface area contributed by atoms with Crippen LogP contribution in [0, 0.1) is 0 Å². The zero-order valence-corrected chi connectivity index (χ0v) is 14.9. The average Bonchev–Trinajstić information content (AvgIpc) is 2.63. The first-order valence-electron chi connectivity index (χ1n) is 8.49. The zero-order chi connectivity index (χ0) is 18.2. The van der Waals surface area contributed by atoms with E-state index in [9.17, 15) is 9.59 Å². The normalized spacial score (nSPS) is 16.4. The molecular formula is C18H27N3O4. The van der Waals surface area contributed by atoms with Crippen molar-refractivity contribution in [3.8, 4) is 5.75 Å². The van der Waals surface area contributed by atoms with Crippen LogP contribution in [0.1, 0.15) is 18.4 Å². The Kier molecular flexibility index (Phi) is 7.21. The van der Waals surface area contributed by atoms with Crippen molar-refractivity contribution in [1.82, 2.24) is 10.2 Å². The van der Waals surface area contributed by atoms with E-state index in [1.165, 1.54) is 7.11 Å². The summed E-state index contributed by atoms with van der Waals surface area (Å²) in [5.41, 5.74) is 6.61. The number of amides is 2. The van der Waals surface area contributed by atoms with Gasteiger partial charge >= 0.3 is 0 Å². The van der Waals surface area contributed by atoms with E-state index in [0.29, 0.717) is 19.5 Å². The molecule has 0 aromatic heterocycles. The number of rotatable bonds is 7. The van der Waals surface area contributed by atoms with E-state index >= 15 is 0 Å². The van der Waals surface area contributed by atoms with Gasteiger partial charge in [0.05, 0.1) is 20.1 Å². The van der Waals surface area contributed by atoms with Gasteiger partial charge in [-0.15, -0.1) is 0 Å². The first-order valence-corrected chi connectivity index (χ1v) is 8.49. The molecule has 0 radical (unpaired) electrons. The van der Waals surface area contributed by atoms with Crippen molar-refractivity contribution in [3.63, 3.8) is 0 Å². The monoisotopic (exact) mass is 349 g/mol. The Hall–Kier alpha value is -2.12. The van der Waals surface area contributed by atoms with E-state index in [1.807, 2.05) is 29.2 Å². The van der Waals surface area contributed by atoms with Crippen LogP contribution in [0.5, 0.6) is 5.75 Å². The average molecular weight is 349 g/mol. The third-order valence-electron chi connectivity index (χ3n) is 4.41. The molecule has 0 spiro atoms. The second-order valence-electron chi connectivity index (χ2n) is 6.21. The zero-order valence-electron chi connectivity index (χ0n) is 14.9. The lowest BCUT2D eigenvalue weighted by Crippen LogP contribution is -2.51. The maximum Gasteiger partial charge on any atom is 0.239 e. The molecule has 2 rings (SSSR count). The Balaban J connectivity index is 1.81. The number of nitrogens with zero attached hydrogens (tertiary/aromatic N) is 1. The van der Waals surface area contributed by atoms with Gasteiger partial charge in [-0.25, -0.2) is 0 Å². The SMILES string of the molecule is COCC(N)C(=O)NC1CCN(C(=O)Cc2ccccc2OC)CC1. The number of methoxy groups -OCH3 is 2. The van der Waals surface area contributed by atoms with E-state index in [1.54, 1.807) is 7.11 Å². The number of ether oxygens (including phenoxy) is 2. The molecule has 138 valence electrons. The fourth-order valence-corrected chi connectivity index (χ4v) is 2.96. The molecule has 1 aromatic rings. The van der Waals surface area contributed by atoms with Crippen LogP contribution < -0.4 is 15.8 Å². The van der Waals surface area contributed by atoms with Crippen LogP contribution >= 0.6 is 0 Å². The predicted octanol–water partition coefficient (Wildman–Crippen LogP) is 0.319. The lowest BCUT2D eigenvalue weighted by atomic mass is 10.0. The minimum atomic E-state index is -0.657. The van der Waals surface area contributed by atoms with Gasteiger partial charge in [-0.2, -0.15) is 0 Å². The maximum absolute atomic E-state index is 12.5. The first-order chi connectivity index (χ1) is 12.0. The minimum absolute atomic E-state index is 0.0470. The summed E-state index contributed by atoms with van der Waals surface area (Å²) in [6, 6.07) is 6.93. The number of para-hydroxylation sites is 1. The van der Waals surface area contributed by atoms with Crippen LogP contribution in [0.2, 0.25) is 0 Å². The van der Waals surface area contributed by atoms with Gasteiger partial charge in [0.15, 0.2) is 0 Å². The number of nitrogens with one attached hydrogen (secondary N) is 1. The Morgan fingerprint density at radius 3 is 2.60 bits per heavy atom. The molecule has 1 atom stereocenters. The van der Waals surface area contributed by atoms with Crippen LogP contribution in [0.15, 0.2) is 24.3 Å². The van der Waals surface area contributed by atoms with Crippen LogP contribution in [0.25, 0.3) is 0 Å².